The fraction of sp³-hybridized carbons (Fsp3) is 0.423. The third-order valence-corrected chi connectivity index (χ3v) is 31.2. The van der Waals surface area contributed by atoms with Crippen molar-refractivity contribution < 1.29 is 19.2 Å². The first-order valence-corrected chi connectivity index (χ1v) is 49.4. The molecule has 8 heterocycles. The molecule has 2 saturated carbocycles. The first kappa shape index (κ1) is 99.2. The minimum Gasteiger partial charge on any atom is -0.339 e. The van der Waals surface area contributed by atoms with E-state index in [1.165, 1.54) is 44.9 Å². The normalized spacial score (nSPS) is 16.0. The summed E-state index contributed by atoms with van der Waals surface area (Å²) in [5.74, 6) is 3.51. The van der Waals surface area contributed by atoms with Crippen LogP contribution in [0, 0.1) is 84.4 Å². The van der Waals surface area contributed by atoms with Crippen molar-refractivity contribution in [2.45, 2.75) is 144 Å². The minimum atomic E-state index is -0.0633. The number of imidazole rings is 4. The molecule has 0 unspecified atom stereocenters. The number of rotatable bonds is 17. The summed E-state index contributed by atoms with van der Waals surface area (Å²) in [4.78, 5) is 87.4. The van der Waals surface area contributed by atoms with Crippen LogP contribution in [-0.4, -0.2) is 207 Å². The predicted molar refractivity (Wildman–Crippen MR) is 539 cm³/mol. The standard InChI is InChI=1S/C27H28Cl2N4O.C26H27Cl2N5O.C26H29Cl2N5O.C25H27Cl2N5O/c1-17-13-18(16-30)14-22-25(17)31-23(32(22)2)15-20-21(28)6-5-19(24(20)29)26(34)33-11-9-27(10-12-33)7-3-4-8-27;1-16-12-17(15-29)13-22-25(16)30-23(31(22)2)14-20-21(27)7-6-19(24(20)28)26(34)33-10-8-32(9-11-33)18-4-3-5-18;1-16(2)15-32-7-9-33(10-8-32)26(34)19-5-6-21(27)20(24(19)28)13-23-30-25-17(3)11-18(14-29)12-22(25)31(23)4;1-4-7-31-8-10-32(11-9-31)25(33)18-5-6-20(26)19(23(18)27)14-22-29-24-16(2)12-17(15-28)13-21(24)30(22)3/h5-6,13-14H,3-4,7-12,15H2,1-2H3;6-7,12-13,18H,3-5,8-11,14H2,1-2H3;5-6,11-12,16H,7-10,13,15H2,1-4H3;5-6,12-13H,4,7-11,14H2,1-3H3. The average Bonchev–Trinajstić information content (AvgIpc) is 1.66. The number of aromatic nitrogens is 8. The number of benzene rings is 8. The van der Waals surface area contributed by atoms with Crippen molar-refractivity contribution >= 4 is 161 Å². The van der Waals surface area contributed by atoms with Gasteiger partial charge in [0.15, 0.2) is 0 Å². The average molecular weight is 1970 g/mol. The Morgan fingerprint density at radius 1 is 0.378 bits per heavy atom. The Morgan fingerprint density at radius 2 is 0.652 bits per heavy atom. The van der Waals surface area contributed by atoms with Crippen LogP contribution >= 0.6 is 92.8 Å². The van der Waals surface area contributed by atoms with E-state index in [4.69, 9.17) is 113 Å². The van der Waals surface area contributed by atoms with Crippen molar-refractivity contribution in [2.75, 3.05) is 105 Å². The number of piperazine rings is 3. The topological polar surface area (TPSA) is 257 Å². The highest BCUT2D eigenvalue weighted by Gasteiger charge is 2.40. The van der Waals surface area contributed by atoms with Gasteiger partial charge in [-0.2, -0.15) is 21.0 Å². The zero-order chi connectivity index (χ0) is 96.3. The Balaban J connectivity index is 0.000000137. The molecular weight excluding hydrogens is 1860 g/mol. The Morgan fingerprint density at radius 3 is 0.911 bits per heavy atom. The molecule has 18 rings (SSSR count). The van der Waals surface area contributed by atoms with Crippen LogP contribution in [0.25, 0.3) is 44.1 Å². The molecule has 4 aromatic heterocycles. The van der Waals surface area contributed by atoms with Crippen LogP contribution in [0.5, 0.6) is 0 Å². The molecule has 6 fully saturated rings. The molecule has 0 N–H and O–H groups in total. The number of hydrogen-bond donors (Lipinski definition) is 0. The monoisotopic (exact) mass is 1970 g/mol. The summed E-state index contributed by atoms with van der Waals surface area (Å²) >= 11 is 53.3. The van der Waals surface area contributed by atoms with Gasteiger partial charge in [-0.15, -0.1) is 0 Å². The summed E-state index contributed by atoms with van der Waals surface area (Å²) in [6.07, 6.45) is 13.9. The van der Waals surface area contributed by atoms with Crippen molar-refractivity contribution in [3.63, 3.8) is 0 Å². The van der Waals surface area contributed by atoms with Gasteiger partial charge in [-0.1, -0.05) is 133 Å². The molecule has 0 atom stereocenters. The van der Waals surface area contributed by atoms with Crippen molar-refractivity contribution in [2.24, 2.45) is 39.5 Å². The largest absolute Gasteiger partial charge is 0.339 e. The molecule has 0 bridgehead atoms. The van der Waals surface area contributed by atoms with Gasteiger partial charge in [-0.25, -0.2) is 19.9 Å². The number of aryl methyl sites for hydroxylation is 8. The van der Waals surface area contributed by atoms with E-state index in [1.54, 1.807) is 48.5 Å². The second kappa shape index (κ2) is 42.7. The molecule has 31 heteroatoms. The molecule has 0 radical (unpaired) electrons. The van der Waals surface area contributed by atoms with Gasteiger partial charge in [-0.3, -0.25) is 33.9 Å². The highest BCUT2D eigenvalue weighted by Crippen LogP contribution is 2.47. The fourth-order valence-corrected chi connectivity index (χ4v) is 22.3. The molecule has 702 valence electrons. The third-order valence-electron chi connectivity index (χ3n) is 28.1. The number of amides is 4. The number of carbonyl (C=O) groups excluding carboxylic acids is 4. The summed E-state index contributed by atoms with van der Waals surface area (Å²) in [6.45, 7) is 27.6. The molecule has 12 aromatic rings. The Labute approximate surface area is 829 Å². The maximum Gasteiger partial charge on any atom is 0.255 e. The lowest BCUT2D eigenvalue weighted by Crippen LogP contribution is -2.53. The van der Waals surface area contributed by atoms with E-state index in [0.717, 1.165) is 187 Å². The fourth-order valence-electron chi connectivity index (χ4n) is 19.9. The molecule has 2 aliphatic carbocycles. The van der Waals surface area contributed by atoms with Crippen molar-refractivity contribution in [3.8, 4) is 24.3 Å². The van der Waals surface area contributed by atoms with E-state index in [2.05, 4.69) is 59.7 Å². The number of carbonyl (C=O) groups is 4. The molecule has 4 aliphatic heterocycles. The number of hydrogen-bond acceptors (Lipinski definition) is 15. The first-order chi connectivity index (χ1) is 64.7. The first-order valence-electron chi connectivity index (χ1n) is 46.4. The molecule has 4 saturated heterocycles. The zero-order valence-corrected chi connectivity index (χ0v) is 84.3. The summed E-state index contributed by atoms with van der Waals surface area (Å²) < 4.78 is 7.84. The maximum atomic E-state index is 13.4. The van der Waals surface area contributed by atoms with Crippen molar-refractivity contribution in [3.05, 3.63) is 250 Å². The second-order valence-corrected chi connectivity index (χ2v) is 40.4. The lowest BCUT2D eigenvalue weighted by molar-refractivity contribution is 0.0455. The number of nitrogens with zero attached hydrogens (tertiary/aromatic N) is 19. The summed E-state index contributed by atoms with van der Waals surface area (Å²) in [5.41, 5.74) is 18.2. The Kier molecular flexibility index (Phi) is 31.4. The number of nitriles is 4. The quantitative estimate of drug-likeness (QED) is 0.0821. The number of halogens is 8. The second-order valence-electron chi connectivity index (χ2n) is 37.2. The molecule has 23 nitrogen and oxygen atoms in total. The van der Waals surface area contributed by atoms with Crippen LogP contribution in [-0.2, 0) is 53.9 Å². The van der Waals surface area contributed by atoms with Crippen LogP contribution in [0.2, 0.25) is 40.2 Å². The van der Waals surface area contributed by atoms with Crippen LogP contribution in [0.15, 0.2) is 97.1 Å². The van der Waals surface area contributed by atoms with Crippen LogP contribution in [0.3, 0.4) is 0 Å². The number of piperidine rings is 1. The van der Waals surface area contributed by atoms with Crippen molar-refractivity contribution in [1.82, 2.24) is 72.5 Å². The van der Waals surface area contributed by atoms with Crippen LogP contribution < -0.4 is 0 Å². The van der Waals surface area contributed by atoms with E-state index < -0.39 is 0 Å². The van der Waals surface area contributed by atoms with E-state index in [1.807, 2.05) is 142 Å². The van der Waals surface area contributed by atoms with Crippen LogP contribution in [0.1, 0.15) is 216 Å². The van der Waals surface area contributed by atoms with Gasteiger partial charge in [0.05, 0.1) is 133 Å². The molecule has 1 spiro atoms. The van der Waals surface area contributed by atoms with E-state index in [0.29, 0.717) is 176 Å². The Hall–Kier alpha value is -10.3. The molecule has 6 aliphatic rings. The highest BCUT2D eigenvalue weighted by molar-refractivity contribution is 6.40. The van der Waals surface area contributed by atoms with E-state index in [9.17, 15) is 40.2 Å². The molecule has 4 amide bonds. The molecule has 8 aromatic carbocycles. The third kappa shape index (κ3) is 21.2. The number of likely N-dealkylation sites (tertiary alicyclic amines) is 1. The SMILES string of the molecule is CCCN1CCN(C(=O)c2ccc(Cl)c(Cc3nc4c(C)cc(C#N)cc4n3C)c2Cl)CC1.Cc1cc(C#N)cc2c1nc(Cc1c(Cl)ccc(C(=O)N3CCC4(CCCC4)CC3)c1Cl)n2C.Cc1cc(C#N)cc2c1nc(Cc1c(Cl)ccc(C(=O)N3CCN(C4CCC4)CC3)c1Cl)n2C.Cc1cc(C#N)cc2c1nc(Cc1c(Cl)ccc(C(=O)N3CCN(CC(C)C)CC3)c1Cl)n2C. The summed E-state index contributed by atoms with van der Waals surface area (Å²) in [5, 5.41) is 40.9. The summed E-state index contributed by atoms with van der Waals surface area (Å²) in [6, 6.07) is 38.1. The van der Waals surface area contributed by atoms with Gasteiger partial charge in [-0.05, 0) is 232 Å². The Bertz CT molecular complexity index is 6780. The predicted octanol–water partition coefficient (Wildman–Crippen LogP) is 21.3. The lowest BCUT2D eigenvalue weighted by Gasteiger charge is -2.43. The number of fused-ring (bicyclic) bond motifs is 4. The van der Waals surface area contributed by atoms with E-state index in [-0.39, 0.29) is 23.6 Å². The van der Waals surface area contributed by atoms with Crippen LogP contribution in [0.4, 0.5) is 0 Å². The van der Waals surface area contributed by atoms with Crippen molar-refractivity contribution in [1.29, 1.82) is 21.0 Å². The molecular formula is C104H111Cl8N19O4. The summed E-state index contributed by atoms with van der Waals surface area (Å²) in [7, 11) is 7.68. The van der Waals surface area contributed by atoms with Gasteiger partial charge in [0.2, 0.25) is 0 Å². The van der Waals surface area contributed by atoms with Gasteiger partial charge in [0.1, 0.15) is 23.3 Å². The lowest BCUT2D eigenvalue weighted by atomic mass is 9.77. The van der Waals surface area contributed by atoms with Gasteiger partial charge < -0.3 is 37.9 Å². The van der Waals surface area contributed by atoms with E-state index >= 15 is 0 Å². The zero-order valence-electron chi connectivity index (χ0n) is 78.3. The van der Waals surface area contributed by atoms with Gasteiger partial charge in [0.25, 0.3) is 23.6 Å². The van der Waals surface area contributed by atoms with Gasteiger partial charge >= 0.3 is 0 Å². The smallest absolute Gasteiger partial charge is 0.255 e. The molecule has 135 heavy (non-hydrogen) atoms. The highest BCUT2D eigenvalue weighted by atomic mass is 35.5. The maximum absolute atomic E-state index is 13.4. The minimum absolute atomic E-state index is 0.0183. The van der Waals surface area contributed by atoms with Gasteiger partial charge in [0, 0.05) is 178 Å².